The molecule has 0 unspecified atom stereocenters. The number of nitrogen functional groups attached to an aromatic ring is 1. The van der Waals surface area contributed by atoms with Crippen LogP contribution in [0.1, 0.15) is 38.7 Å². The highest BCUT2D eigenvalue weighted by Gasteiger charge is 2.29. The van der Waals surface area contributed by atoms with Crippen LogP contribution in [0.15, 0.2) is 18.2 Å². The van der Waals surface area contributed by atoms with Gasteiger partial charge >= 0.3 is 0 Å². The Kier molecular flexibility index (Phi) is 3.64. The SMILES string of the molecule is CC(C)(c1cc(N)cc(Cl)c1)N1CCCCC1. The van der Waals surface area contributed by atoms with Crippen LogP contribution >= 0.6 is 11.6 Å². The van der Waals surface area contributed by atoms with Gasteiger partial charge in [-0.3, -0.25) is 4.90 Å². The van der Waals surface area contributed by atoms with Gasteiger partial charge in [-0.15, -0.1) is 0 Å². The fourth-order valence-electron chi connectivity index (χ4n) is 2.60. The molecule has 0 bridgehead atoms. The zero-order valence-corrected chi connectivity index (χ0v) is 11.4. The summed E-state index contributed by atoms with van der Waals surface area (Å²) < 4.78 is 0. The molecule has 0 spiro atoms. The monoisotopic (exact) mass is 252 g/mol. The molecule has 17 heavy (non-hydrogen) atoms. The Bertz CT molecular complexity index is 375. The molecule has 1 aliphatic heterocycles. The predicted molar refractivity (Wildman–Crippen MR) is 74.3 cm³/mol. The summed E-state index contributed by atoms with van der Waals surface area (Å²) in [5.74, 6) is 0. The van der Waals surface area contributed by atoms with Crippen molar-refractivity contribution in [3.63, 3.8) is 0 Å². The van der Waals surface area contributed by atoms with E-state index in [1.807, 2.05) is 12.1 Å². The molecule has 1 aromatic rings. The third kappa shape index (κ3) is 2.75. The van der Waals surface area contributed by atoms with E-state index in [9.17, 15) is 0 Å². The normalized spacial score (nSPS) is 18.3. The molecule has 2 nitrogen and oxygen atoms in total. The van der Waals surface area contributed by atoms with Gasteiger partial charge in [0.05, 0.1) is 0 Å². The van der Waals surface area contributed by atoms with Gasteiger partial charge in [-0.05, 0) is 63.5 Å². The molecule has 0 aromatic heterocycles. The molecule has 1 heterocycles. The largest absolute Gasteiger partial charge is 0.399 e. The zero-order chi connectivity index (χ0) is 12.5. The van der Waals surface area contributed by atoms with E-state index in [0.29, 0.717) is 0 Å². The highest BCUT2D eigenvalue weighted by molar-refractivity contribution is 6.30. The lowest BCUT2D eigenvalue weighted by molar-refractivity contribution is 0.0944. The summed E-state index contributed by atoms with van der Waals surface area (Å²) in [7, 11) is 0. The summed E-state index contributed by atoms with van der Waals surface area (Å²) in [4.78, 5) is 2.53. The van der Waals surface area contributed by atoms with Gasteiger partial charge in [-0.1, -0.05) is 18.0 Å². The van der Waals surface area contributed by atoms with Crippen LogP contribution in [0, 0.1) is 0 Å². The number of hydrogen-bond donors (Lipinski definition) is 1. The van der Waals surface area contributed by atoms with Crippen molar-refractivity contribution in [2.24, 2.45) is 0 Å². The summed E-state index contributed by atoms with van der Waals surface area (Å²) in [6.07, 6.45) is 3.93. The first-order valence-electron chi connectivity index (χ1n) is 6.32. The lowest BCUT2D eigenvalue weighted by Gasteiger charge is -2.41. The van der Waals surface area contributed by atoms with Crippen molar-refractivity contribution >= 4 is 17.3 Å². The van der Waals surface area contributed by atoms with Crippen LogP contribution in [-0.2, 0) is 5.54 Å². The van der Waals surface area contributed by atoms with Gasteiger partial charge in [0.15, 0.2) is 0 Å². The Morgan fingerprint density at radius 1 is 1.12 bits per heavy atom. The quantitative estimate of drug-likeness (QED) is 0.815. The fourth-order valence-corrected chi connectivity index (χ4v) is 2.84. The van der Waals surface area contributed by atoms with E-state index >= 15 is 0 Å². The van der Waals surface area contributed by atoms with Crippen molar-refractivity contribution in [3.8, 4) is 0 Å². The molecular formula is C14H21ClN2. The van der Waals surface area contributed by atoms with Crippen LogP contribution in [0.5, 0.6) is 0 Å². The Balaban J connectivity index is 2.29. The molecule has 0 radical (unpaired) electrons. The van der Waals surface area contributed by atoms with Crippen molar-refractivity contribution in [3.05, 3.63) is 28.8 Å². The number of benzene rings is 1. The summed E-state index contributed by atoms with van der Waals surface area (Å²) in [5, 5.41) is 0.727. The first kappa shape index (κ1) is 12.7. The molecule has 2 N–H and O–H groups in total. The average molecular weight is 253 g/mol. The average Bonchev–Trinajstić information content (AvgIpc) is 2.29. The van der Waals surface area contributed by atoms with Crippen LogP contribution in [0.25, 0.3) is 0 Å². The maximum Gasteiger partial charge on any atom is 0.0429 e. The van der Waals surface area contributed by atoms with Gasteiger partial charge in [-0.2, -0.15) is 0 Å². The number of rotatable bonds is 2. The highest BCUT2D eigenvalue weighted by atomic mass is 35.5. The zero-order valence-electron chi connectivity index (χ0n) is 10.7. The minimum Gasteiger partial charge on any atom is -0.399 e. The molecule has 0 amide bonds. The van der Waals surface area contributed by atoms with E-state index in [2.05, 4.69) is 18.7 Å². The molecule has 0 atom stereocenters. The van der Waals surface area contributed by atoms with Gasteiger partial charge in [-0.25, -0.2) is 0 Å². The van der Waals surface area contributed by atoms with Crippen molar-refractivity contribution in [1.29, 1.82) is 0 Å². The third-order valence-corrected chi connectivity index (χ3v) is 3.99. The van der Waals surface area contributed by atoms with Crippen molar-refractivity contribution in [2.45, 2.75) is 38.6 Å². The molecular weight excluding hydrogens is 232 g/mol. The minimum atomic E-state index is 0.0133. The van der Waals surface area contributed by atoms with E-state index in [4.69, 9.17) is 17.3 Å². The van der Waals surface area contributed by atoms with Gasteiger partial charge in [0.2, 0.25) is 0 Å². The molecule has 94 valence electrons. The Hall–Kier alpha value is -0.730. The van der Waals surface area contributed by atoms with E-state index in [0.717, 1.165) is 10.7 Å². The Morgan fingerprint density at radius 3 is 2.35 bits per heavy atom. The number of anilines is 1. The number of nitrogens with two attached hydrogens (primary N) is 1. The first-order chi connectivity index (χ1) is 8.00. The van der Waals surface area contributed by atoms with E-state index < -0.39 is 0 Å². The molecule has 0 aliphatic carbocycles. The molecule has 1 aromatic carbocycles. The summed E-state index contributed by atoms with van der Waals surface area (Å²) in [5.41, 5.74) is 7.86. The lowest BCUT2D eigenvalue weighted by atomic mass is 9.90. The molecule has 1 fully saturated rings. The fraction of sp³-hybridized carbons (Fsp3) is 0.571. The van der Waals surface area contributed by atoms with E-state index in [1.54, 1.807) is 6.07 Å². The molecule has 1 aliphatic rings. The maximum absolute atomic E-state index is 6.10. The number of nitrogens with zero attached hydrogens (tertiary/aromatic N) is 1. The van der Waals surface area contributed by atoms with Gasteiger partial charge in [0.25, 0.3) is 0 Å². The second-order valence-corrected chi connectivity index (χ2v) is 5.82. The number of hydrogen-bond acceptors (Lipinski definition) is 2. The summed E-state index contributed by atoms with van der Waals surface area (Å²) >= 11 is 6.10. The Labute approximate surface area is 109 Å². The van der Waals surface area contributed by atoms with Crippen LogP contribution in [0.2, 0.25) is 5.02 Å². The van der Waals surface area contributed by atoms with Crippen LogP contribution in [0.4, 0.5) is 5.69 Å². The molecule has 0 saturated carbocycles. The second-order valence-electron chi connectivity index (χ2n) is 5.38. The summed E-state index contributed by atoms with van der Waals surface area (Å²) in [6, 6.07) is 5.88. The molecule has 2 rings (SSSR count). The second kappa shape index (κ2) is 4.87. The van der Waals surface area contributed by atoms with E-state index in [1.165, 1.54) is 37.9 Å². The topological polar surface area (TPSA) is 29.3 Å². The molecule has 1 saturated heterocycles. The maximum atomic E-state index is 6.10. The summed E-state index contributed by atoms with van der Waals surface area (Å²) in [6.45, 7) is 6.84. The van der Waals surface area contributed by atoms with Crippen molar-refractivity contribution in [2.75, 3.05) is 18.8 Å². The van der Waals surface area contributed by atoms with Crippen molar-refractivity contribution in [1.82, 2.24) is 4.90 Å². The van der Waals surface area contributed by atoms with Gasteiger partial charge < -0.3 is 5.73 Å². The smallest absolute Gasteiger partial charge is 0.0429 e. The van der Waals surface area contributed by atoms with Crippen LogP contribution < -0.4 is 5.73 Å². The third-order valence-electron chi connectivity index (χ3n) is 3.77. The standard InChI is InChI=1S/C14H21ClN2/c1-14(2,17-6-4-3-5-7-17)11-8-12(15)10-13(16)9-11/h8-10H,3-7,16H2,1-2H3. The number of likely N-dealkylation sites (tertiary alicyclic amines) is 1. The van der Waals surface area contributed by atoms with Gasteiger partial charge in [0, 0.05) is 16.2 Å². The minimum absolute atomic E-state index is 0.0133. The number of halogens is 1. The van der Waals surface area contributed by atoms with Crippen molar-refractivity contribution < 1.29 is 0 Å². The molecule has 3 heteroatoms. The highest BCUT2D eigenvalue weighted by Crippen LogP contribution is 2.33. The van der Waals surface area contributed by atoms with Crippen LogP contribution in [0.3, 0.4) is 0 Å². The Morgan fingerprint density at radius 2 is 1.76 bits per heavy atom. The number of piperidine rings is 1. The first-order valence-corrected chi connectivity index (χ1v) is 6.69. The lowest BCUT2D eigenvalue weighted by Crippen LogP contribution is -2.44. The van der Waals surface area contributed by atoms with Gasteiger partial charge in [0.1, 0.15) is 0 Å². The van der Waals surface area contributed by atoms with E-state index in [-0.39, 0.29) is 5.54 Å². The predicted octanol–water partition coefficient (Wildman–Crippen LogP) is 3.64. The van der Waals surface area contributed by atoms with Crippen LogP contribution in [-0.4, -0.2) is 18.0 Å².